The molecule has 0 aromatic rings. The highest BCUT2D eigenvalue weighted by molar-refractivity contribution is 7.80. The molecule has 0 saturated heterocycles. The van der Waals surface area contributed by atoms with Gasteiger partial charge in [-0.05, 0) is 20.3 Å². The van der Waals surface area contributed by atoms with Crippen molar-refractivity contribution in [2.45, 2.75) is 39.7 Å². The topological polar surface area (TPSA) is 58.4 Å². The Hall–Kier alpha value is -0.840. The molecule has 0 unspecified atom stereocenters. The Bertz CT molecular complexity index is 219. The van der Waals surface area contributed by atoms with Crippen molar-refractivity contribution in [1.82, 2.24) is 10.2 Å². The van der Waals surface area contributed by atoms with Gasteiger partial charge >= 0.3 is 6.03 Å². The average Bonchev–Trinajstić information content (AvgIpc) is 2.13. The summed E-state index contributed by atoms with van der Waals surface area (Å²) in [5.41, 5.74) is 5.41. The maximum absolute atomic E-state index is 11.7. The SMILES string of the molecule is CCCNC(=O)N(CCC(N)=S)C(C)C. The molecule has 0 aromatic carbocycles. The van der Waals surface area contributed by atoms with Crippen LogP contribution in [0.25, 0.3) is 0 Å². The Kier molecular flexibility index (Phi) is 7.03. The molecule has 5 heteroatoms. The summed E-state index contributed by atoms with van der Waals surface area (Å²) in [5.74, 6) is 0. The predicted octanol–water partition coefficient (Wildman–Crippen LogP) is 1.49. The molecule has 0 spiro atoms. The normalized spacial score (nSPS) is 10.1. The van der Waals surface area contributed by atoms with Gasteiger partial charge in [0.25, 0.3) is 0 Å². The largest absolute Gasteiger partial charge is 0.393 e. The first-order valence-electron chi connectivity index (χ1n) is 5.31. The molecule has 0 saturated carbocycles. The van der Waals surface area contributed by atoms with Crippen LogP contribution >= 0.6 is 12.2 Å². The maximum atomic E-state index is 11.7. The fourth-order valence-corrected chi connectivity index (χ4v) is 1.25. The summed E-state index contributed by atoms with van der Waals surface area (Å²) in [4.78, 5) is 13.9. The number of amides is 2. The van der Waals surface area contributed by atoms with Crippen molar-refractivity contribution in [3.05, 3.63) is 0 Å². The number of hydrogen-bond acceptors (Lipinski definition) is 2. The van der Waals surface area contributed by atoms with Crippen molar-refractivity contribution >= 4 is 23.2 Å². The zero-order valence-corrected chi connectivity index (χ0v) is 10.6. The number of nitrogens with zero attached hydrogens (tertiary/aromatic N) is 1. The number of nitrogens with two attached hydrogens (primary N) is 1. The van der Waals surface area contributed by atoms with Gasteiger partial charge in [0.2, 0.25) is 0 Å². The van der Waals surface area contributed by atoms with E-state index in [0.29, 0.717) is 24.5 Å². The second-order valence-corrected chi connectivity index (χ2v) is 4.26. The number of nitrogens with one attached hydrogen (secondary N) is 1. The van der Waals surface area contributed by atoms with Crippen LogP contribution in [0, 0.1) is 0 Å². The molecule has 88 valence electrons. The van der Waals surface area contributed by atoms with Crippen LogP contribution in [-0.4, -0.2) is 35.1 Å². The van der Waals surface area contributed by atoms with Gasteiger partial charge in [0.1, 0.15) is 0 Å². The van der Waals surface area contributed by atoms with Gasteiger partial charge < -0.3 is 16.0 Å². The first-order valence-corrected chi connectivity index (χ1v) is 5.72. The smallest absolute Gasteiger partial charge is 0.317 e. The Morgan fingerprint density at radius 1 is 1.53 bits per heavy atom. The molecule has 0 atom stereocenters. The number of carbonyl (C=O) groups excluding carboxylic acids is 1. The highest BCUT2D eigenvalue weighted by Gasteiger charge is 2.15. The van der Waals surface area contributed by atoms with E-state index in [9.17, 15) is 4.79 Å². The predicted molar refractivity (Wildman–Crippen MR) is 66.9 cm³/mol. The third kappa shape index (κ3) is 6.28. The van der Waals surface area contributed by atoms with Gasteiger partial charge in [-0.15, -0.1) is 0 Å². The summed E-state index contributed by atoms with van der Waals surface area (Å²) < 4.78 is 0. The van der Waals surface area contributed by atoms with Gasteiger partial charge in [-0.2, -0.15) is 0 Å². The van der Waals surface area contributed by atoms with Crippen LogP contribution < -0.4 is 11.1 Å². The molecule has 2 amide bonds. The number of hydrogen-bond donors (Lipinski definition) is 2. The minimum atomic E-state index is -0.0388. The van der Waals surface area contributed by atoms with E-state index in [1.54, 1.807) is 4.90 Å². The summed E-state index contributed by atoms with van der Waals surface area (Å²) >= 11 is 4.79. The van der Waals surface area contributed by atoms with Crippen LogP contribution in [-0.2, 0) is 0 Å². The van der Waals surface area contributed by atoms with Crippen molar-refractivity contribution in [3.8, 4) is 0 Å². The fourth-order valence-electron chi connectivity index (χ4n) is 1.16. The molecular formula is C10H21N3OS. The second kappa shape index (κ2) is 7.45. The lowest BCUT2D eigenvalue weighted by molar-refractivity contribution is 0.185. The van der Waals surface area contributed by atoms with E-state index in [-0.39, 0.29) is 12.1 Å². The molecule has 4 nitrogen and oxygen atoms in total. The number of urea groups is 1. The molecule has 0 fully saturated rings. The molecule has 0 aliphatic rings. The first kappa shape index (κ1) is 14.2. The molecule has 0 radical (unpaired) electrons. The van der Waals surface area contributed by atoms with E-state index in [2.05, 4.69) is 5.32 Å². The molecule has 0 aliphatic heterocycles. The van der Waals surface area contributed by atoms with Crippen molar-refractivity contribution < 1.29 is 4.79 Å². The quantitative estimate of drug-likeness (QED) is 0.681. The third-order valence-electron chi connectivity index (χ3n) is 2.01. The highest BCUT2D eigenvalue weighted by Crippen LogP contribution is 2.00. The Balaban J connectivity index is 4.13. The van der Waals surface area contributed by atoms with Gasteiger partial charge in [-0.3, -0.25) is 0 Å². The summed E-state index contributed by atoms with van der Waals surface area (Å²) in [5, 5.41) is 2.84. The van der Waals surface area contributed by atoms with Crippen LogP contribution in [0.5, 0.6) is 0 Å². The average molecular weight is 231 g/mol. The van der Waals surface area contributed by atoms with Gasteiger partial charge in [-0.1, -0.05) is 19.1 Å². The zero-order valence-electron chi connectivity index (χ0n) is 9.75. The van der Waals surface area contributed by atoms with Crippen molar-refractivity contribution in [1.29, 1.82) is 0 Å². The van der Waals surface area contributed by atoms with Gasteiger partial charge in [0, 0.05) is 25.6 Å². The van der Waals surface area contributed by atoms with E-state index in [1.165, 1.54) is 0 Å². The number of carbonyl (C=O) groups is 1. The Morgan fingerprint density at radius 3 is 2.53 bits per heavy atom. The van der Waals surface area contributed by atoms with Crippen molar-refractivity contribution in [2.24, 2.45) is 5.73 Å². The van der Waals surface area contributed by atoms with Crippen molar-refractivity contribution in [2.75, 3.05) is 13.1 Å². The van der Waals surface area contributed by atoms with Crippen LogP contribution in [0.15, 0.2) is 0 Å². The minimum Gasteiger partial charge on any atom is -0.393 e. The Labute approximate surface area is 97.2 Å². The van der Waals surface area contributed by atoms with Crippen LogP contribution in [0.1, 0.15) is 33.6 Å². The van der Waals surface area contributed by atoms with E-state index >= 15 is 0 Å². The molecule has 15 heavy (non-hydrogen) atoms. The highest BCUT2D eigenvalue weighted by atomic mass is 32.1. The zero-order chi connectivity index (χ0) is 11.8. The molecule has 0 rings (SSSR count). The number of thiocarbonyl (C=S) groups is 1. The molecule has 3 N–H and O–H groups in total. The summed E-state index contributed by atoms with van der Waals surface area (Å²) in [6, 6.07) is 0.124. The van der Waals surface area contributed by atoms with Gasteiger partial charge in [-0.25, -0.2) is 4.79 Å². The summed E-state index contributed by atoms with van der Waals surface area (Å²) in [6.07, 6.45) is 1.51. The van der Waals surface area contributed by atoms with Crippen LogP contribution in [0.3, 0.4) is 0 Å². The molecular weight excluding hydrogens is 210 g/mol. The standard InChI is InChI=1S/C10H21N3OS/c1-4-6-12-10(14)13(8(2)3)7-5-9(11)15/h8H,4-7H2,1-3H3,(H2,11,15)(H,12,14). The van der Waals surface area contributed by atoms with Crippen molar-refractivity contribution in [3.63, 3.8) is 0 Å². The Morgan fingerprint density at radius 2 is 2.13 bits per heavy atom. The molecule has 0 bridgehead atoms. The maximum Gasteiger partial charge on any atom is 0.317 e. The third-order valence-corrected chi connectivity index (χ3v) is 2.21. The van der Waals surface area contributed by atoms with Gasteiger partial charge in [0.15, 0.2) is 0 Å². The summed E-state index contributed by atoms with van der Waals surface area (Å²) in [6.45, 7) is 7.27. The first-order chi connectivity index (χ1) is 6.99. The van der Waals surface area contributed by atoms with E-state index in [1.807, 2.05) is 20.8 Å². The lowest BCUT2D eigenvalue weighted by Crippen LogP contribution is -2.45. The number of rotatable bonds is 6. The minimum absolute atomic E-state index is 0.0388. The lowest BCUT2D eigenvalue weighted by atomic mass is 10.3. The molecule has 0 heterocycles. The lowest BCUT2D eigenvalue weighted by Gasteiger charge is -2.26. The van der Waals surface area contributed by atoms with E-state index in [0.717, 1.165) is 6.42 Å². The van der Waals surface area contributed by atoms with Crippen LogP contribution in [0.2, 0.25) is 0 Å². The fraction of sp³-hybridized carbons (Fsp3) is 0.800. The molecule has 0 aliphatic carbocycles. The second-order valence-electron chi connectivity index (χ2n) is 3.74. The monoisotopic (exact) mass is 231 g/mol. The van der Waals surface area contributed by atoms with Crippen LogP contribution in [0.4, 0.5) is 4.79 Å². The van der Waals surface area contributed by atoms with Gasteiger partial charge in [0.05, 0.1) is 4.99 Å². The van der Waals surface area contributed by atoms with E-state index < -0.39 is 0 Å². The van der Waals surface area contributed by atoms with E-state index in [4.69, 9.17) is 18.0 Å². The molecule has 0 aromatic heterocycles. The summed E-state index contributed by atoms with van der Waals surface area (Å²) in [7, 11) is 0.